The second-order valence-electron chi connectivity index (χ2n) is 5.66. The molecule has 0 saturated carbocycles. The summed E-state index contributed by atoms with van der Waals surface area (Å²) in [6, 6.07) is -0.222. The molecule has 1 saturated heterocycles. The average molecular weight is 246 g/mol. The molecule has 0 radical (unpaired) electrons. The number of amides is 2. The maximum atomic E-state index is 12.4. The van der Waals surface area contributed by atoms with Crippen LogP contribution in [0.4, 0.5) is 0 Å². The Morgan fingerprint density at radius 3 is 1.50 bits per heavy atom. The molecule has 0 N–H and O–H groups in total. The molecule has 4 bridgehead atoms. The minimum Gasteiger partial charge on any atom is -0.337 e. The zero-order chi connectivity index (χ0) is 13.2. The highest BCUT2D eigenvalue weighted by atomic mass is 16.2. The predicted molar refractivity (Wildman–Crippen MR) is 67.6 cm³/mol. The predicted octanol–water partition coefficient (Wildman–Crippen LogP) is 0.806. The van der Waals surface area contributed by atoms with Gasteiger partial charge in [-0.1, -0.05) is 23.3 Å². The van der Waals surface area contributed by atoms with E-state index in [1.54, 1.807) is 9.80 Å². The lowest BCUT2D eigenvalue weighted by Crippen LogP contribution is -2.63. The van der Waals surface area contributed by atoms with Crippen LogP contribution in [0.5, 0.6) is 0 Å². The van der Waals surface area contributed by atoms with E-state index in [-0.39, 0.29) is 35.7 Å². The summed E-state index contributed by atoms with van der Waals surface area (Å²) in [5, 5.41) is 0. The van der Waals surface area contributed by atoms with Crippen molar-refractivity contribution >= 4 is 11.8 Å². The number of carbonyl (C=O) groups excluding carboxylic acids is 2. The Balaban J connectivity index is 2.25. The largest absolute Gasteiger partial charge is 0.337 e. The Hall–Kier alpha value is -1.58. The van der Waals surface area contributed by atoms with E-state index < -0.39 is 0 Å². The number of hydrogen-bond acceptors (Lipinski definition) is 2. The van der Waals surface area contributed by atoms with Crippen LogP contribution in [0.3, 0.4) is 0 Å². The van der Waals surface area contributed by atoms with E-state index in [0.717, 1.165) is 11.1 Å². The SMILES string of the molecule is CC1=C[C@@H]2C(=O)N(C)[C@H]1[C@@H]1C=C(C)[C@@H]2N(C)C1=O. The van der Waals surface area contributed by atoms with Gasteiger partial charge in [0.05, 0.1) is 23.9 Å². The number of rotatable bonds is 0. The van der Waals surface area contributed by atoms with Gasteiger partial charge in [-0.2, -0.15) is 0 Å². The van der Waals surface area contributed by atoms with Crippen LogP contribution < -0.4 is 0 Å². The van der Waals surface area contributed by atoms with Gasteiger partial charge in [0.15, 0.2) is 0 Å². The summed E-state index contributed by atoms with van der Waals surface area (Å²) < 4.78 is 0. The zero-order valence-corrected chi connectivity index (χ0v) is 11.2. The van der Waals surface area contributed by atoms with Crippen molar-refractivity contribution in [1.82, 2.24) is 9.80 Å². The molecule has 5 heterocycles. The molecule has 0 unspecified atom stereocenters. The molecule has 5 aliphatic heterocycles. The van der Waals surface area contributed by atoms with E-state index in [2.05, 4.69) is 12.2 Å². The van der Waals surface area contributed by atoms with Gasteiger partial charge in [-0.05, 0) is 13.8 Å². The first-order valence-corrected chi connectivity index (χ1v) is 6.33. The molecule has 0 aromatic carbocycles. The molecule has 6 rings (SSSR count). The topological polar surface area (TPSA) is 40.6 Å². The number of hydrogen-bond donors (Lipinski definition) is 0. The number of likely N-dealkylation sites (N-methyl/N-ethyl adjacent to an activating group) is 2. The summed E-state index contributed by atoms with van der Waals surface area (Å²) in [4.78, 5) is 28.3. The van der Waals surface area contributed by atoms with Gasteiger partial charge in [-0.3, -0.25) is 9.59 Å². The summed E-state index contributed by atoms with van der Waals surface area (Å²) >= 11 is 0. The van der Waals surface area contributed by atoms with Crippen molar-refractivity contribution in [3.63, 3.8) is 0 Å². The van der Waals surface area contributed by atoms with Crippen molar-refractivity contribution in [2.45, 2.75) is 25.9 Å². The Morgan fingerprint density at radius 2 is 1.17 bits per heavy atom. The standard InChI is InChI=1S/C14H18N2O2/c1-7-5-9-12-8(2)6-10(14(18)16(12)4)11(7)15(3)13(9)17/h5-6,9-12H,1-4H3/t9-,10-,11-,12+/m0/s1. The third-order valence-corrected chi connectivity index (χ3v) is 4.60. The van der Waals surface area contributed by atoms with E-state index in [1.807, 2.05) is 27.9 Å². The van der Waals surface area contributed by atoms with E-state index in [4.69, 9.17) is 0 Å². The Morgan fingerprint density at radius 1 is 0.833 bits per heavy atom. The molecule has 0 aromatic rings. The lowest BCUT2D eigenvalue weighted by molar-refractivity contribution is -0.149. The molecule has 4 heteroatoms. The van der Waals surface area contributed by atoms with Crippen molar-refractivity contribution < 1.29 is 9.59 Å². The quantitative estimate of drug-likeness (QED) is 0.593. The Labute approximate surface area is 107 Å². The van der Waals surface area contributed by atoms with Gasteiger partial charge in [0.25, 0.3) is 0 Å². The highest BCUT2D eigenvalue weighted by Gasteiger charge is 2.50. The molecule has 96 valence electrons. The second kappa shape index (κ2) is 3.46. The third kappa shape index (κ3) is 1.21. The minimum absolute atomic E-state index is 0.111. The van der Waals surface area contributed by atoms with E-state index in [9.17, 15) is 9.59 Å². The highest BCUT2D eigenvalue weighted by molar-refractivity contribution is 5.92. The summed E-state index contributed by atoms with van der Waals surface area (Å²) in [5.41, 5.74) is 2.28. The molecule has 1 fully saturated rings. The van der Waals surface area contributed by atoms with E-state index >= 15 is 0 Å². The fraction of sp³-hybridized carbons (Fsp3) is 0.571. The lowest BCUT2D eigenvalue weighted by atomic mass is 9.73. The summed E-state index contributed by atoms with van der Waals surface area (Å²) in [7, 11) is 3.63. The first kappa shape index (κ1) is 11.5. The molecular weight excluding hydrogens is 228 g/mol. The molecule has 18 heavy (non-hydrogen) atoms. The number of nitrogens with zero attached hydrogens (tertiary/aromatic N) is 2. The summed E-state index contributed by atoms with van der Waals surface area (Å²) in [6.07, 6.45) is 4.12. The Bertz CT molecular complexity index is 460. The fourth-order valence-electron chi connectivity index (χ4n) is 3.76. The maximum Gasteiger partial charge on any atom is 0.232 e. The van der Waals surface area contributed by atoms with Gasteiger partial charge in [-0.15, -0.1) is 0 Å². The van der Waals surface area contributed by atoms with Crippen LogP contribution in [-0.2, 0) is 9.59 Å². The molecule has 4 nitrogen and oxygen atoms in total. The molecule has 1 aliphatic carbocycles. The zero-order valence-electron chi connectivity index (χ0n) is 11.2. The molecule has 4 atom stereocenters. The second-order valence-corrected chi connectivity index (χ2v) is 5.66. The van der Waals surface area contributed by atoms with Crippen LogP contribution in [0.25, 0.3) is 0 Å². The van der Waals surface area contributed by atoms with Crippen LogP contribution in [0.1, 0.15) is 13.8 Å². The summed E-state index contributed by atoms with van der Waals surface area (Å²) in [5.74, 6) is -0.185. The minimum atomic E-state index is -0.224. The van der Waals surface area contributed by atoms with Crippen molar-refractivity contribution in [3.05, 3.63) is 23.3 Å². The molecular formula is C14H18N2O2. The van der Waals surface area contributed by atoms with Crippen molar-refractivity contribution in [3.8, 4) is 0 Å². The van der Waals surface area contributed by atoms with Crippen LogP contribution >= 0.6 is 0 Å². The van der Waals surface area contributed by atoms with Crippen LogP contribution in [0.15, 0.2) is 23.3 Å². The first-order valence-electron chi connectivity index (χ1n) is 6.33. The van der Waals surface area contributed by atoms with Gasteiger partial charge in [-0.25, -0.2) is 0 Å². The van der Waals surface area contributed by atoms with E-state index in [1.165, 1.54) is 0 Å². The van der Waals surface area contributed by atoms with Gasteiger partial charge in [0, 0.05) is 14.1 Å². The van der Waals surface area contributed by atoms with Crippen LogP contribution in [0.2, 0.25) is 0 Å². The maximum absolute atomic E-state index is 12.4. The van der Waals surface area contributed by atoms with Gasteiger partial charge in [0.1, 0.15) is 0 Å². The fourth-order valence-corrected chi connectivity index (χ4v) is 3.76. The smallest absolute Gasteiger partial charge is 0.232 e. The normalized spacial score (nSPS) is 38.7. The van der Waals surface area contributed by atoms with Crippen molar-refractivity contribution in [1.29, 1.82) is 0 Å². The van der Waals surface area contributed by atoms with Gasteiger partial charge >= 0.3 is 0 Å². The molecule has 2 amide bonds. The third-order valence-electron chi connectivity index (χ3n) is 4.60. The lowest BCUT2D eigenvalue weighted by Gasteiger charge is -2.50. The van der Waals surface area contributed by atoms with Gasteiger partial charge < -0.3 is 9.80 Å². The molecule has 0 spiro atoms. The average Bonchev–Trinajstić information content (AvgIpc) is 2.30. The Kier molecular flexibility index (Phi) is 2.22. The molecule has 0 aromatic heterocycles. The van der Waals surface area contributed by atoms with Crippen LogP contribution in [0, 0.1) is 11.8 Å². The molecule has 6 aliphatic rings. The van der Waals surface area contributed by atoms with Crippen LogP contribution in [-0.4, -0.2) is 47.8 Å². The number of carbonyl (C=O) groups is 2. The highest BCUT2D eigenvalue weighted by Crippen LogP contribution is 2.40. The summed E-state index contributed by atoms with van der Waals surface area (Å²) in [6.45, 7) is 4.05. The first-order chi connectivity index (χ1) is 8.43. The van der Waals surface area contributed by atoms with Crippen molar-refractivity contribution in [2.24, 2.45) is 11.8 Å². The van der Waals surface area contributed by atoms with Crippen molar-refractivity contribution in [2.75, 3.05) is 14.1 Å². The van der Waals surface area contributed by atoms with Gasteiger partial charge in [0.2, 0.25) is 11.8 Å². The van der Waals surface area contributed by atoms with E-state index in [0.29, 0.717) is 0 Å². The monoisotopic (exact) mass is 246 g/mol.